The van der Waals surface area contributed by atoms with Gasteiger partial charge in [0.2, 0.25) is 5.91 Å². The highest BCUT2D eigenvalue weighted by Gasteiger charge is 2.25. The van der Waals surface area contributed by atoms with E-state index in [1.807, 2.05) is 20.8 Å². The second-order valence-electron chi connectivity index (χ2n) is 8.25. The number of fused-ring (bicyclic) bond motifs is 1. The first kappa shape index (κ1) is 21.5. The van der Waals surface area contributed by atoms with Gasteiger partial charge in [-0.25, -0.2) is 9.97 Å². The number of nitrogens with two attached hydrogens (primary N) is 1. The van der Waals surface area contributed by atoms with Gasteiger partial charge >= 0.3 is 0 Å². The molecule has 0 aromatic carbocycles. The van der Waals surface area contributed by atoms with Crippen molar-refractivity contribution in [1.29, 1.82) is 0 Å². The lowest BCUT2D eigenvalue weighted by Crippen LogP contribution is -2.45. The van der Waals surface area contributed by atoms with Gasteiger partial charge in [0.15, 0.2) is 0 Å². The van der Waals surface area contributed by atoms with Crippen LogP contribution in [0.3, 0.4) is 0 Å². The maximum atomic E-state index is 12.9. The average molecular weight is 418 g/mol. The summed E-state index contributed by atoms with van der Waals surface area (Å²) in [6.45, 7) is 7.88. The first-order valence-corrected chi connectivity index (χ1v) is 11.3. The van der Waals surface area contributed by atoms with Crippen molar-refractivity contribution < 1.29 is 9.59 Å². The van der Waals surface area contributed by atoms with Gasteiger partial charge in [-0.3, -0.25) is 9.59 Å². The van der Waals surface area contributed by atoms with Crippen LogP contribution in [0, 0.1) is 12.8 Å². The van der Waals surface area contributed by atoms with E-state index in [4.69, 9.17) is 5.73 Å². The number of carbonyl (C=O) groups is 2. The predicted molar refractivity (Wildman–Crippen MR) is 117 cm³/mol. The number of nitrogens with zero attached hydrogens (tertiary/aromatic N) is 3. The lowest BCUT2D eigenvalue weighted by atomic mass is 10.0. The summed E-state index contributed by atoms with van der Waals surface area (Å²) in [6, 6.07) is -0.674. The summed E-state index contributed by atoms with van der Waals surface area (Å²) < 4.78 is 0. The Bertz CT molecular complexity index is 871. The molecule has 2 aromatic rings. The van der Waals surface area contributed by atoms with E-state index in [0.29, 0.717) is 11.3 Å². The molecule has 0 radical (unpaired) electrons. The molecule has 7 nitrogen and oxygen atoms in total. The molecule has 0 spiro atoms. The largest absolute Gasteiger partial charge is 0.368 e. The highest BCUT2D eigenvalue weighted by atomic mass is 32.1. The molecule has 0 unspecified atom stereocenters. The Balaban J connectivity index is 1.91. The van der Waals surface area contributed by atoms with Crippen LogP contribution in [-0.2, 0) is 4.79 Å². The minimum absolute atomic E-state index is 0.251. The molecule has 2 aromatic heterocycles. The molecular weight excluding hydrogens is 386 g/mol. The fraction of sp³-hybridized carbons (Fsp3) is 0.619. The summed E-state index contributed by atoms with van der Waals surface area (Å²) in [5, 5.41) is 3.77. The van der Waals surface area contributed by atoms with Crippen LogP contribution in [0.15, 0.2) is 6.33 Å². The second-order valence-corrected chi connectivity index (χ2v) is 9.25. The minimum Gasteiger partial charge on any atom is -0.368 e. The normalized spacial score (nSPS) is 16.5. The Hall–Kier alpha value is -2.22. The molecule has 8 heteroatoms. The van der Waals surface area contributed by atoms with Crippen molar-refractivity contribution in [2.45, 2.75) is 65.3 Å². The van der Waals surface area contributed by atoms with Gasteiger partial charge in [-0.2, -0.15) is 0 Å². The van der Waals surface area contributed by atoms with Gasteiger partial charge in [0.05, 0.1) is 10.3 Å². The van der Waals surface area contributed by atoms with Crippen molar-refractivity contribution in [3.8, 4) is 0 Å². The van der Waals surface area contributed by atoms with E-state index < -0.39 is 11.9 Å². The van der Waals surface area contributed by atoms with Crippen molar-refractivity contribution in [2.75, 3.05) is 18.0 Å². The van der Waals surface area contributed by atoms with Crippen LogP contribution in [0.25, 0.3) is 10.2 Å². The number of hydrogen-bond donors (Lipinski definition) is 2. The lowest BCUT2D eigenvalue weighted by Gasteiger charge is -2.26. The number of hydrogen-bond acceptors (Lipinski definition) is 6. The zero-order valence-electron chi connectivity index (χ0n) is 17.5. The van der Waals surface area contributed by atoms with Gasteiger partial charge in [0.1, 0.15) is 23.0 Å². The van der Waals surface area contributed by atoms with Crippen LogP contribution in [0.1, 0.15) is 67.6 Å². The highest BCUT2D eigenvalue weighted by molar-refractivity contribution is 7.20. The Morgan fingerprint density at radius 1 is 1.17 bits per heavy atom. The van der Waals surface area contributed by atoms with Gasteiger partial charge in [-0.05, 0) is 37.7 Å². The maximum Gasteiger partial charge on any atom is 0.262 e. The topological polar surface area (TPSA) is 101 Å². The van der Waals surface area contributed by atoms with Crippen molar-refractivity contribution >= 4 is 39.2 Å². The van der Waals surface area contributed by atoms with Gasteiger partial charge in [-0.1, -0.05) is 33.1 Å². The molecule has 3 rings (SSSR count). The third-order valence-corrected chi connectivity index (χ3v) is 6.62. The van der Waals surface area contributed by atoms with E-state index in [-0.39, 0.29) is 11.8 Å². The maximum absolute atomic E-state index is 12.9. The molecule has 0 saturated carbocycles. The molecule has 1 aliphatic rings. The monoisotopic (exact) mass is 417 g/mol. The Morgan fingerprint density at radius 2 is 1.83 bits per heavy atom. The molecular formula is C21H31N5O2S. The fourth-order valence-electron chi connectivity index (χ4n) is 3.91. The molecule has 3 N–H and O–H groups in total. The number of carbonyl (C=O) groups excluding carboxylic acids is 2. The summed E-state index contributed by atoms with van der Waals surface area (Å²) in [7, 11) is 0. The van der Waals surface area contributed by atoms with Gasteiger partial charge < -0.3 is 16.0 Å². The van der Waals surface area contributed by atoms with Crippen molar-refractivity contribution in [3.63, 3.8) is 0 Å². The van der Waals surface area contributed by atoms with Gasteiger partial charge in [-0.15, -0.1) is 11.3 Å². The van der Waals surface area contributed by atoms with E-state index in [2.05, 4.69) is 20.2 Å². The van der Waals surface area contributed by atoms with E-state index in [1.54, 1.807) is 6.33 Å². The van der Waals surface area contributed by atoms with Gasteiger partial charge in [0, 0.05) is 13.1 Å². The van der Waals surface area contributed by atoms with E-state index in [1.165, 1.54) is 30.6 Å². The molecule has 1 aliphatic heterocycles. The first-order valence-electron chi connectivity index (χ1n) is 10.5. The molecule has 1 atom stereocenters. The molecule has 1 saturated heterocycles. The first-order chi connectivity index (χ1) is 13.9. The average Bonchev–Trinajstić information content (AvgIpc) is 2.98. The summed E-state index contributed by atoms with van der Waals surface area (Å²) in [6.07, 6.45) is 8.18. The van der Waals surface area contributed by atoms with Crippen LogP contribution in [0.4, 0.5) is 5.82 Å². The van der Waals surface area contributed by atoms with Crippen LogP contribution in [0.2, 0.25) is 0 Å². The number of aromatic nitrogens is 2. The quantitative estimate of drug-likeness (QED) is 0.750. The van der Waals surface area contributed by atoms with Crippen LogP contribution in [0.5, 0.6) is 0 Å². The molecule has 1 fully saturated rings. The minimum atomic E-state index is -0.674. The molecule has 0 aliphatic carbocycles. The van der Waals surface area contributed by atoms with Gasteiger partial charge in [0.25, 0.3) is 5.91 Å². The van der Waals surface area contributed by atoms with E-state index >= 15 is 0 Å². The van der Waals surface area contributed by atoms with Crippen molar-refractivity contribution in [1.82, 2.24) is 15.3 Å². The number of nitrogens with one attached hydrogen (secondary N) is 1. The van der Waals surface area contributed by atoms with Crippen molar-refractivity contribution in [2.24, 2.45) is 11.7 Å². The molecule has 2 amide bonds. The van der Waals surface area contributed by atoms with Crippen LogP contribution in [-0.4, -0.2) is 40.9 Å². The van der Waals surface area contributed by atoms with Crippen LogP contribution >= 0.6 is 11.3 Å². The zero-order chi connectivity index (χ0) is 21.0. The standard InChI is InChI=1S/C21H31N5O2S/c1-13(2)11-15(18(22)27)25-20(28)17-14(3)16-19(23-12-24-21(16)29-17)26-9-7-5-4-6-8-10-26/h12-13,15H,4-11H2,1-3H3,(H2,22,27)(H,25,28)/t15-/m0/s1. The SMILES string of the molecule is Cc1c(C(=O)N[C@@H](CC(C)C)C(N)=O)sc2ncnc(N3CCCCCCC3)c12. The van der Waals surface area contributed by atoms with E-state index in [9.17, 15) is 9.59 Å². The number of anilines is 1. The van der Waals surface area contributed by atoms with Crippen LogP contribution < -0.4 is 16.0 Å². The molecule has 3 heterocycles. The number of aryl methyl sites for hydroxylation is 1. The summed E-state index contributed by atoms with van der Waals surface area (Å²) in [5.41, 5.74) is 6.36. The number of primary amides is 1. The third-order valence-electron chi connectivity index (χ3n) is 5.42. The van der Waals surface area contributed by atoms with Crippen molar-refractivity contribution in [3.05, 3.63) is 16.8 Å². The van der Waals surface area contributed by atoms with E-state index in [0.717, 1.165) is 47.5 Å². The number of amides is 2. The number of thiophene rings is 1. The second kappa shape index (κ2) is 9.52. The Labute approximate surface area is 176 Å². The highest BCUT2D eigenvalue weighted by Crippen LogP contribution is 2.35. The zero-order valence-corrected chi connectivity index (χ0v) is 18.3. The fourth-order valence-corrected chi connectivity index (χ4v) is 4.96. The smallest absolute Gasteiger partial charge is 0.262 e. The predicted octanol–water partition coefficient (Wildman–Crippen LogP) is 3.40. The summed E-state index contributed by atoms with van der Waals surface area (Å²) >= 11 is 1.35. The number of rotatable bonds is 6. The Morgan fingerprint density at radius 3 is 2.45 bits per heavy atom. The summed E-state index contributed by atoms with van der Waals surface area (Å²) in [5.74, 6) is 0.389. The molecule has 29 heavy (non-hydrogen) atoms. The summed E-state index contributed by atoms with van der Waals surface area (Å²) in [4.78, 5) is 37.4. The molecule has 0 bridgehead atoms. The Kier molecular flexibility index (Phi) is 7.05. The molecule has 158 valence electrons. The third kappa shape index (κ3) is 5.04. The lowest BCUT2D eigenvalue weighted by molar-refractivity contribution is -0.120.